The van der Waals surface area contributed by atoms with Gasteiger partial charge in [-0.2, -0.15) is 18.3 Å². The number of aromatic nitrogens is 2. The monoisotopic (exact) mass is 428 g/mol. The number of alkyl halides is 3. The summed E-state index contributed by atoms with van der Waals surface area (Å²) in [7, 11) is 1.44. The second-order valence-electron chi connectivity index (χ2n) is 6.73. The Hall–Kier alpha value is -3.88. The molecule has 0 saturated carbocycles. The second-order valence-corrected chi connectivity index (χ2v) is 6.73. The molecule has 1 aromatic heterocycles. The molecule has 0 radical (unpaired) electrons. The van der Waals surface area contributed by atoms with Gasteiger partial charge >= 0.3 is 6.18 Å². The van der Waals surface area contributed by atoms with Crippen LogP contribution in [-0.4, -0.2) is 21.6 Å². The Bertz CT molecular complexity index is 1100. The fraction of sp³-hybridized carbons (Fsp3) is 0.136. The molecular formula is C22H19F3N4O2. The number of carbonyl (C=O) groups excluding carboxylic acids is 2. The molecule has 0 unspecified atom stereocenters. The molecule has 2 N–H and O–H groups in total. The second kappa shape index (κ2) is 8.86. The molecule has 9 heteroatoms. The third-order valence-electron chi connectivity index (χ3n) is 4.41. The minimum Gasteiger partial charge on any atom is -0.326 e. The molecule has 0 bridgehead atoms. The molecule has 0 spiro atoms. The first-order chi connectivity index (χ1) is 14.7. The molecule has 6 nitrogen and oxygen atoms in total. The maximum absolute atomic E-state index is 12.8. The van der Waals surface area contributed by atoms with E-state index in [1.165, 1.54) is 7.05 Å². The first-order valence-corrected chi connectivity index (χ1v) is 9.19. The predicted molar refractivity (Wildman–Crippen MR) is 111 cm³/mol. The van der Waals surface area contributed by atoms with Crippen molar-refractivity contribution < 1.29 is 22.8 Å². The number of hydrogen-bond acceptors (Lipinski definition) is 3. The third-order valence-corrected chi connectivity index (χ3v) is 4.41. The van der Waals surface area contributed by atoms with Crippen LogP contribution in [0.3, 0.4) is 0 Å². The first-order valence-electron chi connectivity index (χ1n) is 9.19. The molecule has 0 aliphatic rings. The Morgan fingerprint density at radius 3 is 2.16 bits per heavy atom. The van der Waals surface area contributed by atoms with E-state index >= 15 is 0 Å². The number of anilines is 2. The smallest absolute Gasteiger partial charge is 0.326 e. The van der Waals surface area contributed by atoms with Crippen molar-refractivity contribution in [1.29, 1.82) is 0 Å². The number of hydrogen-bond donors (Lipinski definition) is 2. The van der Waals surface area contributed by atoms with Crippen molar-refractivity contribution in [3.63, 3.8) is 0 Å². The fourth-order valence-corrected chi connectivity index (χ4v) is 2.89. The van der Waals surface area contributed by atoms with Gasteiger partial charge in [0.1, 0.15) is 0 Å². The van der Waals surface area contributed by atoms with Gasteiger partial charge in [-0.3, -0.25) is 14.3 Å². The maximum Gasteiger partial charge on any atom is 0.435 e. The Labute approximate surface area is 176 Å². The maximum atomic E-state index is 12.8. The van der Waals surface area contributed by atoms with E-state index in [9.17, 15) is 22.8 Å². The Morgan fingerprint density at radius 1 is 1.03 bits per heavy atom. The van der Waals surface area contributed by atoms with E-state index in [4.69, 9.17) is 0 Å². The predicted octanol–water partition coefficient (Wildman–Crippen LogP) is 4.41. The first kappa shape index (κ1) is 21.8. The van der Waals surface area contributed by atoms with E-state index in [-0.39, 0.29) is 18.2 Å². The van der Waals surface area contributed by atoms with Crippen molar-refractivity contribution in [2.45, 2.75) is 12.6 Å². The van der Waals surface area contributed by atoms with Crippen molar-refractivity contribution in [1.82, 2.24) is 9.78 Å². The topological polar surface area (TPSA) is 76.0 Å². The van der Waals surface area contributed by atoms with Crippen LogP contribution < -0.4 is 10.6 Å². The lowest BCUT2D eigenvalue weighted by Gasteiger charge is -2.08. The molecule has 0 fully saturated rings. The van der Waals surface area contributed by atoms with Gasteiger partial charge < -0.3 is 10.6 Å². The van der Waals surface area contributed by atoms with Gasteiger partial charge in [0, 0.05) is 18.4 Å². The van der Waals surface area contributed by atoms with Crippen molar-refractivity contribution in [3.8, 4) is 11.3 Å². The summed E-state index contributed by atoms with van der Waals surface area (Å²) in [5.41, 5.74) is 1.75. The molecule has 160 valence electrons. The van der Waals surface area contributed by atoms with E-state index in [0.29, 0.717) is 22.6 Å². The van der Waals surface area contributed by atoms with Gasteiger partial charge in [0.2, 0.25) is 11.8 Å². The number of carbonyl (C=O) groups is 2. The summed E-state index contributed by atoms with van der Waals surface area (Å²) in [5.74, 6) is -0.579. The molecular weight excluding hydrogens is 409 g/mol. The van der Waals surface area contributed by atoms with Gasteiger partial charge in [0.05, 0.1) is 12.1 Å². The standard InChI is InChI=1S/C22H19F3N4O2/c1-3-20(30)26-16-8-4-14(5-9-16)12-21(31)27-17-10-6-15(7-11-17)18-13-19(22(23,24)25)28-29(18)2/h3-11,13H,1,12H2,2H3,(H,26,30)(H,27,31). The normalized spacial score (nSPS) is 11.1. The van der Waals surface area contributed by atoms with Crippen LogP contribution in [0.25, 0.3) is 11.3 Å². The highest BCUT2D eigenvalue weighted by atomic mass is 19.4. The molecule has 2 amide bonds. The van der Waals surface area contributed by atoms with Crippen LogP contribution in [-0.2, 0) is 29.2 Å². The van der Waals surface area contributed by atoms with Gasteiger partial charge in [0.15, 0.2) is 5.69 Å². The van der Waals surface area contributed by atoms with Crippen molar-refractivity contribution in [3.05, 3.63) is 78.5 Å². The number of rotatable bonds is 6. The van der Waals surface area contributed by atoms with E-state index < -0.39 is 11.9 Å². The molecule has 0 atom stereocenters. The zero-order valence-corrected chi connectivity index (χ0v) is 16.5. The van der Waals surface area contributed by atoms with Crippen LogP contribution in [0.4, 0.5) is 24.5 Å². The van der Waals surface area contributed by atoms with E-state index in [1.54, 1.807) is 48.5 Å². The molecule has 2 aromatic carbocycles. The summed E-state index contributed by atoms with van der Waals surface area (Å²) < 4.78 is 39.7. The fourth-order valence-electron chi connectivity index (χ4n) is 2.89. The van der Waals surface area contributed by atoms with Crippen LogP contribution in [0, 0.1) is 0 Å². The summed E-state index contributed by atoms with van der Waals surface area (Å²) in [6.45, 7) is 3.38. The summed E-state index contributed by atoms with van der Waals surface area (Å²) >= 11 is 0. The average Bonchev–Trinajstić information content (AvgIpc) is 3.12. The summed E-state index contributed by atoms with van der Waals surface area (Å²) in [6.07, 6.45) is -3.23. The molecule has 0 saturated heterocycles. The largest absolute Gasteiger partial charge is 0.435 e. The van der Waals surface area contributed by atoms with Crippen molar-refractivity contribution >= 4 is 23.2 Å². The highest BCUT2D eigenvalue weighted by Crippen LogP contribution is 2.31. The molecule has 1 heterocycles. The van der Waals surface area contributed by atoms with Crippen molar-refractivity contribution in [2.75, 3.05) is 10.6 Å². The third kappa shape index (κ3) is 5.59. The molecule has 31 heavy (non-hydrogen) atoms. The Kier molecular flexibility index (Phi) is 6.24. The number of amides is 2. The van der Waals surface area contributed by atoms with E-state index in [0.717, 1.165) is 22.4 Å². The lowest BCUT2D eigenvalue weighted by molar-refractivity contribution is -0.141. The Balaban J connectivity index is 1.62. The molecule has 3 aromatic rings. The number of nitrogens with zero attached hydrogens (tertiary/aromatic N) is 2. The van der Waals surface area contributed by atoms with Crippen LogP contribution >= 0.6 is 0 Å². The highest BCUT2D eigenvalue weighted by Gasteiger charge is 2.34. The van der Waals surface area contributed by atoms with Gasteiger partial charge in [-0.05, 0) is 47.5 Å². The lowest BCUT2D eigenvalue weighted by atomic mass is 10.1. The number of halogens is 3. The number of benzene rings is 2. The van der Waals surface area contributed by atoms with Crippen LogP contribution in [0.1, 0.15) is 11.3 Å². The number of aryl methyl sites for hydroxylation is 1. The van der Waals surface area contributed by atoms with Crippen LogP contribution in [0.15, 0.2) is 67.3 Å². The molecule has 3 rings (SSSR count). The van der Waals surface area contributed by atoms with Crippen LogP contribution in [0.2, 0.25) is 0 Å². The zero-order chi connectivity index (χ0) is 22.6. The van der Waals surface area contributed by atoms with Gasteiger partial charge in [-0.15, -0.1) is 0 Å². The molecule has 0 aliphatic carbocycles. The van der Waals surface area contributed by atoms with Crippen molar-refractivity contribution in [2.24, 2.45) is 7.05 Å². The van der Waals surface area contributed by atoms with Gasteiger partial charge in [0.25, 0.3) is 0 Å². The summed E-state index contributed by atoms with van der Waals surface area (Å²) in [5, 5.41) is 8.86. The van der Waals surface area contributed by atoms with Crippen LogP contribution in [0.5, 0.6) is 0 Å². The Morgan fingerprint density at radius 2 is 1.61 bits per heavy atom. The molecule has 0 aliphatic heterocycles. The van der Waals surface area contributed by atoms with E-state index in [1.807, 2.05) is 0 Å². The summed E-state index contributed by atoms with van der Waals surface area (Å²) in [4.78, 5) is 23.6. The minimum absolute atomic E-state index is 0.119. The minimum atomic E-state index is -4.51. The van der Waals surface area contributed by atoms with Gasteiger partial charge in [-0.1, -0.05) is 30.8 Å². The van der Waals surface area contributed by atoms with E-state index in [2.05, 4.69) is 22.3 Å². The summed E-state index contributed by atoms with van der Waals surface area (Å²) in [6, 6.07) is 14.2. The number of nitrogens with one attached hydrogen (secondary N) is 2. The average molecular weight is 428 g/mol. The SMILES string of the molecule is C=CC(=O)Nc1ccc(CC(=O)Nc2ccc(-c3cc(C(F)(F)F)nn3C)cc2)cc1. The highest BCUT2D eigenvalue weighted by molar-refractivity contribution is 5.99. The quantitative estimate of drug-likeness (QED) is 0.571. The van der Waals surface area contributed by atoms with Gasteiger partial charge in [-0.25, -0.2) is 0 Å². The zero-order valence-electron chi connectivity index (χ0n) is 16.5. The lowest BCUT2D eigenvalue weighted by Crippen LogP contribution is -2.14.